The first-order chi connectivity index (χ1) is 13.9. The zero-order valence-corrected chi connectivity index (χ0v) is 18.9. The average Bonchev–Trinajstić information content (AvgIpc) is 2.72. The molecule has 0 saturated carbocycles. The number of piperidine rings is 1. The third-order valence-electron chi connectivity index (χ3n) is 5.31. The van der Waals surface area contributed by atoms with Crippen LogP contribution in [-0.2, 0) is 4.79 Å². The van der Waals surface area contributed by atoms with Crippen molar-refractivity contribution in [2.75, 3.05) is 19.6 Å². The van der Waals surface area contributed by atoms with E-state index in [-0.39, 0.29) is 23.8 Å². The summed E-state index contributed by atoms with van der Waals surface area (Å²) >= 11 is 11.6. The highest BCUT2D eigenvalue weighted by atomic mass is 35.5. The van der Waals surface area contributed by atoms with E-state index >= 15 is 0 Å². The summed E-state index contributed by atoms with van der Waals surface area (Å²) in [5.74, 6) is -0.441. The maximum Gasteiger partial charge on any atom is 0.253 e. The van der Waals surface area contributed by atoms with Crippen molar-refractivity contribution < 1.29 is 9.59 Å². The lowest BCUT2D eigenvalue weighted by atomic mass is 9.88. The summed E-state index contributed by atoms with van der Waals surface area (Å²) in [5, 5.41) is 10.2. The number of amides is 2. The SMILES string of the molecule is CCNC(=S)N1CCC([C@H](NC(=O)c2ccccc2Cl)C(=O)N[C@@H](C)CC)CC1. The van der Waals surface area contributed by atoms with E-state index in [2.05, 4.69) is 20.9 Å². The third kappa shape index (κ3) is 6.57. The number of thiocarbonyl (C=S) groups is 1. The van der Waals surface area contributed by atoms with Crippen molar-refractivity contribution in [3.63, 3.8) is 0 Å². The fourth-order valence-corrected chi connectivity index (χ4v) is 3.94. The van der Waals surface area contributed by atoms with Crippen molar-refractivity contribution in [1.82, 2.24) is 20.9 Å². The lowest BCUT2D eigenvalue weighted by molar-refractivity contribution is -0.125. The maximum absolute atomic E-state index is 13.0. The van der Waals surface area contributed by atoms with E-state index in [1.807, 2.05) is 20.8 Å². The highest BCUT2D eigenvalue weighted by molar-refractivity contribution is 7.80. The standard InChI is InChI=1S/C21H31ClN4O2S/c1-4-14(3)24-20(28)18(25-19(27)16-8-6-7-9-17(16)22)15-10-12-26(13-11-15)21(29)23-5-2/h6-9,14-15,18H,4-5,10-13H2,1-3H3,(H,23,29)(H,24,28)(H,25,27)/t14-,18-/m0/s1. The Morgan fingerprint density at radius 1 is 1.21 bits per heavy atom. The summed E-state index contributed by atoms with van der Waals surface area (Å²) in [7, 11) is 0. The molecule has 6 nitrogen and oxygen atoms in total. The molecule has 0 radical (unpaired) electrons. The number of halogens is 1. The van der Waals surface area contributed by atoms with Gasteiger partial charge >= 0.3 is 0 Å². The van der Waals surface area contributed by atoms with E-state index in [4.69, 9.17) is 23.8 Å². The van der Waals surface area contributed by atoms with Crippen LogP contribution in [0.2, 0.25) is 5.02 Å². The highest BCUT2D eigenvalue weighted by Gasteiger charge is 2.34. The van der Waals surface area contributed by atoms with Gasteiger partial charge in [-0.3, -0.25) is 9.59 Å². The van der Waals surface area contributed by atoms with Crippen LogP contribution in [-0.4, -0.2) is 53.5 Å². The molecule has 2 rings (SSSR count). The molecule has 8 heteroatoms. The van der Waals surface area contributed by atoms with E-state index < -0.39 is 6.04 Å². The summed E-state index contributed by atoms with van der Waals surface area (Å²) in [6, 6.07) is 6.31. The van der Waals surface area contributed by atoms with E-state index in [0.717, 1.165) is 44.0 Å². The van der Waals surface area contributed by atoms with Crippen LogP contribution in [0.4, 0.5) is 0 Å². The maximum atomic E-state index is 13.0. The molecule has 1 aliphatic heterocycles. The summed E-state index contributed by atoms with van der Waals surface area (Å²) in [6.07, 6.45) is 2.37. The number of likely N-dealkylation sites (tertiary alicyclic amines) is 1. The largest absolute Gasteiger partial charge is 0.363 e. The Morgan fingerprint density at radius 2 is 1.86 bits per heavy atom. The van der Waals surface area contributed by atoms with Gasteiger partial charge in [0.15, 0.2) is 5.11 Å². The Kier molecular flexibility index (Phi) is 9.17. The number of carbonyl (C=O) groups is 2. The molecular formula is C21H31ClN4O2S. The number of hydrogen-bond donors (Lipinski definition) is 3. The minimum atomic E-state index is -0.609. The van der Waals surface area contributed by atoms with Gasteiger partial charge in [-0.05, 0) is 63.4 Å². The summed E-state index contributed by atoms with van der Waals surface area (Å²) in [5.41, 5.74) is 0.376. The molecule has 0 spiro atoms. The normalized spacial score (nSPS) is 16.6. The molecule has 1 aliphatic rings. The van der Waals surface area contributed by atoms with Crippen molar-refractivity contribution in [2.45, 2.75) is 52.1 Å². The van der Waals surface area contributed by atoms with Gasteiger partial charge in [0.05, 0.1) is 10.6 Å². The van der Waals surface area contributed by atoms with Gasteiger partial charge in [-0.15, -0.1) is 0 Å². The van der Waals surface area contributed by atoms with Gasteiger partial charge in [0.1, 0.15) is 6.04 Å². The Hall–Kier alpha value is -1.86. The number of nitrogens with zero attached hydrogens (tertiary/aromatic N) is 1. The Labute approximate surface area is 183 Å². The number of benzene rings is 1. The van der Waals surface area contributed by atoms with Crippen LogP contribution in [0.25, 0.3) is 0 Å². The first kappa shape index (κ1) is 23.4. The second-order valence-corrected chi connectivity index (χ2v) is 8.20. The van der Waals surface area contributed by atoms with Gasteiger partial charge in [-0.1, -0.05) is 30.7 Å². The molecule has 29 heavy (non-hydrogen) atoms. The number of hydrogen-bond acceptors (Lipinski definition) is 3. The van der Waals surface area contributed by atoms with Crippen LogP contribution in [0.15, 0.2) is 24.3 Å². The molecule has 2 amide bonds. The van der Waals surface area contributed by atoms with Crippen LogP contribution >= 0.6 is 23.8 Å². The summed E-state index contributed by atoms with van der Waals surface area (Å²) in [6.45, 7) is 8.28. The zero-order valence-electron chi connectivity index (χ0n) is 17.3. The third-order valence-corrected chi connectivity index (χ3v) is 6.05. The van der Waals surface area contributed by atoms with E-state index in [9.17, 15) is 9.59 Å². The molecule has 0 aliphatic carbocycles. The molecule has 160 valence electrons. The Morgan fingerprint density at radius 3 is 2.45 bits per heavy atom. The molecule has 2 atom stereocenters. The van der Waals surface area contributed by atoms with Crippen LogP contribution < -0.4 is 16.0 Å². The van der Waals surface area contributed by atoms with Crippen LogP contribution in [0.1, 0.15) is 50.4 Å². The lowest BCUT2D eigenvalue weighted by Crippen LogP contribution is -2.55. The van der Waals surface area contributed by atoms with E-state index in [0.29, 0.717) is 10.6 Å². The molecule has 3 N–H and O–H groups in total. The topological polar surface area (TPSA) is 73.5 Å². The molecule has 0 unspecified atom stereocenters. The summed E-state index contributed by atoms with van der Waals surface area (Å²) < 4.78 is 0. The van der Waals surface area contributed by atoms with Gasteiger partial charge in [0.25, 0.3) is 5.91 Å². The van der Waals surface area contributed by atoms with Crippen molar-refractivity contribution in [2.24, 2.45) is 5.92 Å². The molecule has 1 saturated heterocycles. The molecule has 1 aromatic carbocycles. The predicted molar refractivity (Wildman–Crippen MR) is 121 cm³/mol. The molecule has 0 aromatic heterocycles. The van der Waals surface area contributed by atoms with Gasteiger partial charge in [0, 0.05) is 25.7 Å². The van der Waals surface area contributed by atoms with E-state index in [1.165, 1.54) is 0 Å². The Bertz CT molecular complexity index is 722. The van der Waals surface area contributed by atoms with Gasteiger partial charge < -0.3 is 20.9 Å². The average molecular weight is 439 g/mol. The minimum absolute atomic E-state index is 0.0335. The lowest BCUT2D eigenvalue weighted by Gasteiger charge is -2.37. The first-order valence-electron chi connectivity index (χ1n) is 10.3. The number of carbonyl (C=O) groups excluding carboxylic acids is 2. The quantitative estimate of drug-likeness (QED) is 0.571. The predicted octanol–water partition coefficient (Wildman–Crippen LogP) is 2.96. The first-order valence-corrected chi connectivity index (χ1v) is 11.0. The fourth-order valence-electron chi connectivity index (χ4n) is 3.40. The molecule has 1 fully saturated rings. The molecule has 0 bridgehead atoms. The van der Waals surface area contributed by atoms with Gasteiger partial charge in [-0.2, -0.15) is 0 Å². The number of rotatable bonds is 7. The van der Waals surface area contributed by atoms with Crippen molar-refractivity contribution in [3.8, 4) is 0 Å². The van der Waals surface area contributed by atoms with Crippen molar-refractivity contribution in [1.29, 1.82) is 0 Å². The van der Waals surface area contributed by atoms with E-state index in [1.54, 1.807) is 24.3 Å². The molecule has 1 heterocycles. The van der Waals surface area contributed by atoms with Gasteiger partial charge in [0.2, 0.25) is 5.91 Å². The van der Waals surface area contributed by atoms with Crippen molar-refractivity contribution in [3.05, 3.63) is 34.9 Å². The van der Waals surface area contributed by atoms with Crippen LogP contribution in [0.5, 0.6) is 0 Å². The number of nitrogens with one attached hydrogen (secondary N) is 3. The van der Waals surface area contributed by atoms with Crippen LogP contribution in [0.3, 0.4) is 0 Å². The minimum Gasteiger partial charge on any atom is -0.363 e. The van der Waals surface area contributed by atoms with Crippen LogP contribution in [0, 0.1) is 5.92 Å². The smallest absolute Gasteiger partial charge is 0.253 e. The molecular weight excluding hydrogens is 408 g/mol. The molecule has 1 aromatic rings. The highest BCUT2D eigenvalue weighted by Crippen LogP contribution is 2.23. The van der Waals surface area contributed by atoms with Gasteiger partial charge in [-0.25, -0.2) is 0 Å². The van der Waals surface area contributed by atoms with Crippen molar-refractivity contribution >= 4 is 40.7 Å². The fraction of sp³-hybridized carbons (Fsp3) is 0.571. The summed E-state index contributed by atoms with van der Waals surface area (Å²) in [4.78, 5) is 27.9. The monoisotopic (exact) mass is 438 g/mol. The Balaban J connectivity index is 2.11. The second kappa shape index (κ2) is 11.4. The zero-order chi connectivity index (χ0) is 21.4. The second-order valence-electron chi connectivity index (χ2n) is 7.41.